The molecule has 9 nitrogen and oxygen atoms in total. The third kappa shape index (κ3) is 3.39. The van der Waals surface area contributed by atoms with E-state index >= 15 is 0 Å². The summed E-state index contributed by atoms with van der Waals surface area (Å²) in [5, 5.41) is 0. The first-order valence-corrected chi connectivity index (χ1v) is 9.66. The third-order valence-electron chi connectivity index (χ3n) is 4.44. The van der Waals surface area contributed by atoms with Crippen molar-refractivity contribution in [2.45, 2.75) is 4.90 Å². The minimum atomic E-state index is -3.72. The van der Waals surface area contributed by atoms with Gasteiger partial charge in [-0.05, 0) is 26.2 Å². The van der Waals surface area contributed by atoms with E-state index in [0.717, 1.165) is 0 Å². The number of sulfonamides is 1. The Balaban J connectivity index is 1.77. The van der Waals surface area contributed by atoms with Crippen molar-refractivity contribution >= 4 is 27.0 Å². The fraction of sp³-hybridized carbons (Fsp3) is 0.500. The highest BCUT2D eigenvalue weighted by molar-refractivity contribution is 7.89. The second-order valence-electron chi connectivity index (χ2n) is 6.58. The van der Waals surface area contributed by atoms with Crippen molar-refractivity contribution < 1.29 is 17.6 Å². The van der Waals surface area contributed by atoms with Gasteiger partial charge in [-0.1, -0.05) is 0 Å². The monoisotopic (exact) mass is 382 g/mol. The molecule has 0 atom stereocenters. The fourth-order valence-corrected chi connectivity index (χ4v) is 4.41. The van der Waals surface area contributed by atoms with Crippen molar-refractivity contribution in [1.29, 1.82) is 0 Å². The summed E-state index contributed by atoms with van der Waals surface area (Å²) in [7, 11) is 1.48. The van der Waals surface area contributed by atoms with Crippen LogP contribution in [0, 0.1) is 0 Å². The van der Waals surface area contributed by atoms with Gasteiger partial charge >= 0.3 is 5.76 Å². The smallest absolute Gasteiger partial charge is 0.408 e. The number of hydrogen-bond donors (Lipinski definition) is 0. The molecular weight excluding hydrogens is 360 g/mol. The van der Waals surface area contributed by atoms with E-state index in [-0.39, 0.29) is 29.5 Å². The van der Waals surface area contributed by atoms with Gasteiger partial charge in [-0.15, -0.1) is 0 Å². The number of carbonyl (C=O) groups is 1. The molecule has 1 fully saturated rings. The zero-order valence-corrected chi connectivity index (χ0v) is 15.8. The summed E-state index contributed by atoms with van der Waals surface area (Å²) in [5.41, 5.74) is 0.770. The topological polar surface area (TPSA) is 96.1 Å². The minimum absolute atomic E-state index is 0.0143. The highest BCUT2D eigenvalue weighted by Crippen LogP contribution is 2.22. The molecule has 1 aromatic heterocycles. The van der Waals surface area contributed by atoms with E-state index in [9.17, 15) is 18.0 Å². The first-order valence-electron chi connectivity index (χ1n) is 8.22. The second-order valence-corrected chi connectivity index (χ2v) is 8.52. The highest BCUT2D eigenvalue weighted by atomic mass is 32.2. The van der Waals surface area contributed by atoms with Crippen LogP contribution in [0.25, 0.3) is 11.1 Å². The molecule has 2 heterocycles. The molecule has 0 bridgehead atoms. The summed E-state index contributed by atoms with van der Waals surface area (Å²) in [6.45, 7) is 1.48. The SMILES string of the molecule is CN(C)CC(=O)N1CCN(S(=O)(=O)c2ccc3c(c2)oc(=O)n3C)CC1. The molecule has 10 heteroatoms. The van der Waals surface area contributed by atoms with Crippen LogP contribution in [0.2, 0.25) is 0 Å². The van der Waals surface area contributed by atoms with Crippen molar-refractivity contribution in [3.63, 3.8) is 0 Å². The standard InChI is InChI=1S/C16H22N4O5S/c1-17(2)11-15(21)19-6-8-20(9-7-19)26(23,24)12-4-5-13-14(10-12)25-16(22)18(13)3/h4-5,10H,6-9,11H2,1-3H3. The van der Waals surface area contributed by atoms with Gasteiger partial charge in [0.2, 0.25) is 15.9 Å². The Bertz CT molecular complexity index is 984. The van der Waals surface area contributed by atoms with Gasteiger partial charge in [-0.3, -0.25) is 9.36 Å². The number of piperazine rings is 1. The molecule has 0 unspecified atom stereocenters. The number of likely N-dealkylation sites (N-methyl/N-ethyl adjacent to an activating group) is 1. The Kier molecular flexibility index (Phi) is 4.91. The number of hydrogen-bond acceptors (Lipinski definition) is 6. The summed E-state index contributed by atoms with van der Waals surface area (Å²) in [4.78, 5) is 27.2. The van der Waals surface area contributed by atoms with Crippen LogP contribution < -0.4 is 5.76 Å². The van der Waals surface area contributed by atoms with Gasteiger partial charge in [0.25, 0.3) is 0 Å². The Labute approximate surface area is 151 Å². The first-order chi connectivity index (χ1) is 12.2. The van der Waals surface area contributed by atoms with Crippen molar-refractivity contribution in [3.8, 4) is 0 Å². The number of fused-ring (bicyclic) bond motifs is 1. The first kappa shape index (κ1) is 18.6. The van der Waals surface area contributed by atoms with Crippen LogP contribution in [-0.4, -0.2) is 79.8 Å². The lowest BCUT2D eigenvalue weighted by atomic mass is 10.3. The average Bonchev–Trinajstić information content (AvgIpc) is 2.88. The molecule has 26 heavy (non-hydrogen) atoms. The molecule has 0 aliphatic carbocycles. The zero-order chi connectivity index (χ0) is 19.1. The number of benzene rings is 1. The number of carbonyl (C=O) groups excluding carboxylic acids is 1. The van der Waals surface area contributed by atoms with E-state index in [0.29, 0.717) is 25.2 Å². The molecule has 3 rings (SSSR count). The summed E-state index contributed by atoms with van der Waals surface area (Å²) in [5.74, 6) is -0.554. The zero-order valence-electron chi connectivity index (χ0n) is 15.0. The summed E-state index contributed by atoms with van der Waals surface area (Å²) in [6, 6.07) is 4.40. The molecule has 1 aliphatic heterocycles. The van der Waals surface area contributed by atoms with Crippen LogP contribution in [0.15, 0.2) is 32.3 Å². The van der Waals surface area contributed by atoms with Gasteiger partial charge in [-0.25, -0.2) is 13.2 Å². The quantitative estimate of drug-likeness (QED) is 0.709. The summed E-state index contributed by atoms with van der Waals surface area (Å²) < 4.78 is 33.5. The predicted octanol–water partition coefficient (Wildman–Crippen LogP) is -0.474. The van der Waals surface area contributed by atoms with Crippen molar-refractivity contribution in [1.82, 2.24) is 18.7 Å². The van der Waals surface area contributed by atoms with Crippen LogP contribution in [0.4, 0.5) is 0 Å². The molecule has 0 saturated carbocycles. The van der Waals surface area contributed by atoms with Crippen LogP contribution in [0.1, 0.15) is 0 Å². The maximum atomic E-state index is 12.9. The Hall–Kier alpha value is -2.17. The largest absolute Gasteiger partial charge is 0.419 e. The lowest BCUT2D eigenvalue weighted by molar-refractivity contribution is -0.133. The van der Waals surface area contributed by atoms with Gasteiger partial charge in [0.05, 0.1) is 17.0 Å². The van der Waals surface area contributed by atoms with Crippen molar-refractivity contribution in [2.24, 2.45) is 7.05 Å². The molecular formula is C16H22N4O5S. The number of rotatable bonds is 4. The van der Waals surface area contributed by atoms with E-state index in [2.05, 4.69) is 0 Å². The van der Waals surface area contributed by atoms with E-state index in [1.807, 2.05) is 14.1 Å². The average molecular weight is 382 g/mol. The van der Waals surface area contributed by atoms with Gasteiger partial charge in [0, 0.05) is 39.3 Å². The number of nitrogens with zero attached hydrogens (tertiary/aromatic N) is 4. The Morgan fingerprint density at radius 3 is 2.46 bits per heavy atom. The van der Waals surface area contributed by atoms with Gasteiger partial charge in [0.1, 0.15) is 0 Å². The highest BCUT2D eigenvalue weighted by Gasteiger charge is 2.30. The number of aryl methyl sites for hydroxylation is 1. The third-order valence-corrected chi connectivity index (χ3v) is 6.34. The maximum Gasteiger partial charge on any atom is 0.419 e. The minimum Gasteiger partial charge on any atom is -0.408 e. The normalized spacial score (nSPS) is 16.5. The fourth-order valence-electron chi connectivity index (χ4n) is 2.97. The second kappa shape index (κ2) is 6.86. The summed E-state index contributed by atoms with van der Waals surface area (Å²) >= 11 is 0. The number of aromatic nitrogens is 1. The number of amides is 1. The predicted molar refractivity (Wildman–Crippen MR) is 95.3 cm³/mol. The van der Waals surface area contributed by atoms with E-state index in [1.165, 1.54) is 21.0 Å². The molecule has 1 saturated heterocycles. The molecule has 2 aromatic rings. The molecule has 1 amide bonds. The van der Waals surface area contributed by atoms with Crippen molar-refractivity contribution in [2.75, 3.05) is 46.8 Å². The molecule has 0 radical (unpaired) electrons. The Morgan fingerprint density at radius 1 is 1.19 bits per heavy atom. The lowest BCUT2D eigenvalue weighted by Gasteiger charge is -2.34. The van der Waals surface area contributed by atoms with Crippen LogP contribution in [-0.2, 0) is 21.9 Å². The van der Waals surface area contributed by atoms with Gasteiger partial charge in [0.15, 0.2) is 5.58 Å². The maximum absolute atomic E-state index is 12.9. The summed E-state index contributed by atoms with van der Waals surface area (Å²) in [6.07, 6.45) is 0. The van der Waals surface area contributed by atoms with Gasteiger partial charge in [-0.2, -0.15) is 4.31 Å². The lowest BCUT2D eigenvalue weighted by Crippen LogP contribution is -2.52. The van der Waals surface area contributed by atoms with Crippen molar-refractivity contribution in [3.05, 3.63) is 28.7 Å². The Morgan fingerprint density at radius 2 is 1.85 bits per heavy atom. The van der Waals surface area contributed by atoms with Crippen LogP contribution >= 0.6 is 0 Å². The van der Waals surface area contributed by atoms with Crippen LogP contribution in [0.5, 0.6) is 0 Å². The van der Waals surface area contributed by atoms with E-state index in [4.69, 9.17) is 4.42 Å². The molecule has 0 spiro atoms. The number of oxazole rings is 1. The molecule has 0 N–H and O–H groups in total. The van der Waals surface area contributed by atoms with Crippen LogP contribution in [0.3, 0.4) is 0 Å². The van der Waals surface area contributed by atoms with E-state index in [1.54, 1.807) is 22.9 Å². The molecule has 142 valence electrons. The molecule has 1 aliphatic rings. The molecule has 1 aromatic carbocycles. The van der Waals surface area contributed by atoms with E-state index < -0.39 is 15.8 Å². The van der Waals surface area contributed by atoms with Gasteiger partial charge < -0.3 is 14.2 Å².